The van der Waals surface area contributed by atoms with Crippen LogP contribution < -0.4 is 4.74 Å². The fourth-order valence-corrected chi connectivity index (χ4v) is 3.90. The van der Waals surface area contributed by atoms with Crippen LogP contribution in [0.4, 0.5) is 0 Å². The third-order valence-electron chi connectivity index (χ3n) is 4.15. The predicted octanol–water partition coefficient (Wildman–Crippen LogP) is 6.70. The molecule has 0 N–H and O–H groups in total. The van der Waals surface area contributed by atoms with Crippen LogP contribution in [0, 0.1) is 11.3 Å². The highest BCUT2D eigenvalue weighted by atomic mass is 79.9. The van der Waals surface area contributed by atoms with Crippen LogP contribution in [0.15, 0.2) is 77.3 Å². The number of ether oxygens (including phenoxy) is 1. The second-order valence-corrected chi connectivity index (χ2v) is 8.09. The van der Waals surface area contributed by atoms with Crippen LogP contribution in [0.2, 0.25) is 0 Å². The summed E-state index contributed by atoms with van der Waals surface area (Å²) in [6, 6.07) is 25.9. The van der Waals surface area contributed by atoms with Gasteiger partial charge in [-0.1, -0.05) is 52.3 Å². The van der Waals surface area contributed by atoms with Gasteiger partial charge >= 0.3 is 0 Å². The number of para-hydroxylation sites is 1. The van der Waals surface area contributed by atoms with Crippen molar-refractivity contribution < 1.29 is 4.74 Å². The Labute approximate surface area is 175 Å². The summed E-state index contributed by atoms with van der Waals surface area (Å²) in [6.45, 7) is 0.512. The maximum Gasteiger partial charge on any atom is 0.135 e. The number of nitriles is 1. The van der Waals surface area contributed by atoms with Gasteiger partial charge in [-0.05, 0) is 53.6 Å². The lowest BCUT2D eigenvalue weighted by Gasteiger charge is -2.07. The van der Waals surface area contributed by atoms with Gasteiger partial charge in [0.25, 0.3) is 0 Å². The van der Waals surface area contributed by atoms with E-state index in [0.29, 0.717) is 12.2 Å². The molecule has 3 aromatic carbocycles. The van der Waals surface area contributed by atoms with Gasteiger partial charge in [0, 0.05) is 4.47 Å². The van der Waals surface area contributed by atoms with Gasteiger partial charge in [0.2, 0.25) is 0 Å². The second kappa shape index (κ2) is 8.39. The van der Waals surface area contributed by atoms with Gasteiger partial charge in [-0.2, -0.15) is 5.26 Å². The van der Waals surface area contributed by atoms with E-state index in [1.807, 2.05) is 78.9 Å². The molecular weight excluding hydrogens is 432 g/mol. The van der Waals surface area contributed by atoms with Crippen molar-refractivity contribution in [1.29, 1.82) is 5.26 Å². The number of hydrogen-bond donors (Lipinski definition) is 0. The Morgan fingerprint density at radius 1 is 1.04 bits per heavy atom. The molecule has 136 valence electrons. The van der Waals surface area contributed by atoms with E-state index in [4.69, 9.17) is 4.74 Å². The molecule has 0 saturated heterocycles. The SMILES string of the molecule is N#CC(=Cc1ccc(OCc2ccc(Br)cc2)cc1)c1nc2ccccc2s1. The van der Waals surface area contributed by atoms with Gasteiger partial charge in [-0.25, -0.2) is 4.98 Å². The van der Waals surface area contributed by atoms with E-state index >= 15 is 0 Å². The molecule has 0 spiro atoms. The molecular formula is C23H15BrN2OS. The minimum Gasteiger partial charge on any atom is -0.489 e. The van der Waals surface area contributed by atoms with Gasteiger partial charge in [0.05, 0.1) is 15.8 Å². The molecule has 3 nitrogen and oxygen atoms in total. The quantitative estimate of drug-likeness (QED) is 0.320. The topological polar surface area (TPSA) is 45.9 Å². The Morgan fingerprint density at radius 3 is 2.50 bits per heavy atom. The summed E-state index contributed by atoms with van der Waals surface area (Å²) in [5, 5.41) is 10.3. The maximum absolute atomic E-state index is 9.57. The number of rotatable bonds is 5. The van der Waals surface area contributed by atoms with E-state index in [1.54, 1.807) is 0 Å². The first-order valence-corrected chi connectivity index (χ1v) is 10.3. The smallest absolute Gasteiger partial charge is 0.135 e. The van der Waals surface area contributed by atoms with Crippen LogP contribution in [0.1, 0.15) is 16.1 Å². The lowest BCUT2D eigenvalue weighted by Crippen LogP contribution is -1.94. The second-order valence-electron chi connectivity index (χ2n) is 6.14. The van der Waals surface area contributed by atoms with Crippen LogP contribution in [0.25, 0.3) is 21.9 Å². The Bertz CT molecular complexity index is 1140. The van der Waals surface area contributed by atoms with Crippen LogP contribution in [-0.4, -0.2) is 4.98 Å². The zero-order valence-corrected chi connectivity index (χ0v) is 17.2. The zero-order chi connectivity index (χ0) is 19.3. The van der Waals surface area contributed by atoms with Gasteiger partial charge in [0.15, 0.2) is 0 Å². The average molecular weight is 447 g/mol. The van der Waals surface area contributed by atoms with Crippen LogP contribution >= 0.6 is 27.3 Å². The van der Waals surface area contributed by atoms with Crippen LogP contribution in [0.5, 0.6) is 5.75 Å². The van der Waals surface area contributed by atoms with Crippen LogP contribution in [0.3, 0.4) is 0 Å². The molecule has 0 radical (unpaired) electrons. The van der Waals surface area contributed by atoms with Crippen molar-refractivity contribution in [3.8, 4) is 11.8 Å². The van der Waals surface area contributed by atoms with E-state index in [1.165, 1.54) is 11.3 Å². The predicted molar refractivity (Wildman–Crippen MR) is 118 cm³/mol. The fraction of sp³-hybridized carbons (Fsp3) is 0.0435. The molecule has 1 aromatic heterocycles. The number of nitrogens with zero attached hydrogens (tertiary/aromatic N) is 2. The summed E-state index contributed by atoms with van der Waals surface area (Å²) in [5.74, 6) is 0.790. The van der Waals surface area contributed by atoms with Crippen molar-refractivity contribution in [3.05, 3.63) is 93.4 Å². The third-order valence-corrected chi connectivity index (χ3v) is 5.75. The van der Waals surface area contributed by atoms with E-state index in [9.17, 15) is 5.26 Å². The molecule has 5 heteroatoms. The maximum atomic E-state index is 9.57. The van der Waals surface area contributed by atoms with Gasteiger partial charge in [-0.3, -0.25) is 0 Å². The fourth-order valence-electron chi connectivity index (χ4n) is 2.70. The van der Waals surface area contributed by atoms with Gasteiger partial charge in [-0.15, -0.1) is 11.3 Å². The molecule has 0 atom stereocenters. The molecule has 28 heavy (non-hydrogen) atoms. The highest BCUT2D eigenvalue weighted by Gasteiger charge is 2.08. The molecule has 0 fully saturated rings. The summed E-state index contributed by atoms with van der Waals surface area (Å²) >= 11 is 4.96. The Hall–Kier alpha value is -2.94. The molecule has 0 amide bonds. The molecule has 0 unspecified atom stereocenters. The highest BCUT2D eigenvalue weighted by molar-refractivity contribution is 9.10. The van der Waals surface area contributed by atoms with Crippen molar-refractivity contribution in [2.75, 3.05) is 0 Å². The Balaban J connectivity index is 1.49. The minimum atomic E-state index is 0.512. The summed E-state index contributed by atoms with van der Waals surface area (Å²) in [7, 11) is 0. The van der Waals surface area contributed by atoms with Crippen molar-refractivity contribution in [2.45, 2.75) is 6.61 Å². The normalized spacial score (nSPS) is 11.4. The lowest BCUT2D eigenvalue weighted by molar-refractivity contribution is 0.306. The molecule has 4 rings (SSSR count). The van der Waals surface area contributed by atoms with Crippen molar-refractivity contribution >= 4 is 49.1 Å². The number of benzene rings is 3. The number of aromatic nitrogens is 1. The molecule has 4 aromatic rings. The monoisotopic (exact) mass is 446 g/mol. The number of halogens is 1. The Kier molecular flexibility index (Phi) is 5.52. The largest absolute Gasteiger partial charge is 0.489 e. The molecule has 0 saturated carbocycles. The first-order chi connectivity index (χ1) is 13.7. The first kappa shape index (κ1) is 18.4. The summed E-state index contributed by atoms with van der Waals surface area (Å²) in [6.07, 6.45) is 1.86. The van der Waals surface area contributed by atoms with Crippen LogP contribution in [-0.2, 0) is 6.61 Å². The molecule has 1 heterocycles. The van der Waals surface area contributed by atoms with Crippen molar-refractivity contribution in [1.82, 2.24) is 4.98 Å². The van der Waals surface area contributed by atoms with Crippen molar-refractivity contribution in [2.24, 2.45) is 0 Å². The molecule has 0 aliphatic heterocycles. The number of thiazole rings is 1. The lowest BCUT2D eigenvalue weighted by atomic mass is 10.1. The third kappa shape index (κ3) is 4.30. The summed E-state index contributed by atoms with van der Waals surface area (Å²) in [5.41, 5.74) is 3.52. The number of fused-ring (bicyclic) bond motifs is 1. The summed E-state index contributed by atoms with van der Waals surface area (Å²) in [4.78, 5) is 4.57. The average Bonchev–Trinajstić information content (AvgIpc) is 3.16. The van der Waals surface area contributed by atoms with Gasteiger partial charge < -0.3 is 4.74 Å². The highest BCUT2D eigenvalue weighted by Crippen LogP contribution is 2.28. The van der Waals surface area contributed by atoms with E-state index < -0.39 is 0 Å². The zero-order valence-electron chi connectivity index (χ0n) is 14.8. The summed E-state index contributed by atoms with van der Waals surface area (Å²) < 4.78 is 7.96. The van der Waals surface area contributed by atoms with Crippen molar-refractivity contribution in [3.63, 3.8) is 0 Å². The van der Waals surface area contributed by atoms with E-state index in [0.717, 1.165) is 36.6 Å². The Morgan fingerprint density at radius 2 is 1.79 bits per heavy atom. The molecule has 0 bridgehead atoms. The number of hydrogen-bond acceptors (Lipinski definition) is 4. The van der Waals surface area contributed by atoms with Gasteiger partial charge in [0.1, 0.15) is 23.4 Å². The number of allylic oxidation sites excluding steroid dienone is 1. The minimum absolute atomic E-state index is 0.512. The molecule has 0 aliphatic carbocycles. The first-order valence-electron chi connectivity index (χ1n) is 8.66. The standard InChI is InChI=1S/C23H15BrN2OS/c24-19-9-5-17(6-10-19)15-27-20-11-7-16(8-12-20)13-18(14-25)23-26-21-3-1-2-4-22(21)28-23/h1-13H,15H2. The molecule has 0 aliphatic rings. The van der Waals surface area contributed by atoms with E-state index in [2.05, 4.69) is 27.0 Å². The van der Waals surface area contributed by atoms with E-state index in [-0.39, 0.29) is 0 Å².